The third-order valence-electron chi connectivity index (χ3n) is 2.64. The van der Waals surface area contributed by atoms with E-state index >= 15 is 0 Å². The monoisotopic (exact) mass is 326 g/mol. The standard InChI is InChI=1S/C11H12N6O4S/c1-3-19-9-7(6-20-10-12-4-5-22-10)8(13-21-9)17-11(18)16(2)14-15-17/h4-5H,3,6H2,1-2H3/i4T. The zero-order valence-corrected chi connectivity index (χ0v) is 12.5. The summed E-state index contributed by atoms with van der Waals surface area (Å²) in [7, 11) is 1.47. The number of hydrogen-bond donors (Lipinski definition) is 0. The van der Waals surface area contributed by atoms with E-state index in [-0.39, 0.29) is 24.5 Å². The van der Waals surface area contributed by atoms with Gasteiger partial charge >= 0.3 is 11.6 Å². The molecule has 3 heterocycles. The van der Waals surface area contributed by atoms with Gasteiger partial charge in [-0.25, -0.2) is 9.78 Å². The molecule has 0 amide bonds. The number of rotatable bonds is 6. The minimum atomic E-state index is -0.481. The Kier molecular flexibility index (Phi) is 3.53. The first-order valence-electron chi connectivity index (χ1n) is 6.75. The van der Waals surface area contributed by atoms with Gasteiger partial charge in [-0.3, -0.25) is 0 Å². The fraction of sp³-hybridized carbons (Fsp3) is 0.364. The van der Waals surface area contributed by atoms with Crippen molar-refractivity contribution in [1.82, 2.24) is 29.9 Å². The topological polar surface area (TPSA) is 110 Å². The van der Waals surface area contributed by atoms with E-state index in [2.05, 4.69) is 20.6 Å². The molecule has 22 heavy (non-hydrogen) atoms. The molecule has 0 spiro atoms. The quantitative estimate of drug-likeness (QED) is 0.639. The van der Waals surface area contributed by atoms with Gasteiger partial charge < -0.3 is 14.0 Å². The molecule has 3 aromatic heterocycles. The van der Waals surface area contributed by atoms with Crippen LogP contribution in [-0.2, 0) is 13.7 Å². The number of thiazole rings is 1. The lowest BCUT2D eigenvalue weighted by molar-refractivity contribution is 0.214. The smallest absolute Gasteiger partial charge is 0.369 e. The molecule has 0 saturated heterocycles. The largest absolute Gasteiger partial charge is 0.465 e. The van der Waals surface area contributed by atoms with Crippen molar-refractivity contribution >= 4 is 11.3 Å². The first-order valence-corrected chi connectivity index (χ1v) is 7.13. The Morgan fingerprint density at radius 2 is 2.32 bits per heavy atom. The maximum absolute atomic E-state index is 12.0. The summed E-state index contributed by atoms with van der Waals surface area (Å²) in [6.45, 7) is 2.13. The summed E-state index contributed by atoms with van der Waals surface area (Å²) in [5.74, 6) is 0.261. The highest BCUT2D eigenvalue weighted by Gasteiger charge is 2.23. The molecule has 11 heteroatoms. The van der Waals surface area contributed by atoms with E-state index < -0.39 is 5.69 Å². The molecule has 0 saturated carbocycles. The molecule has 0 radical (unpaired) electrons. The third-order valence-corrected chi connectivity index (χ3v) is 3.27. The lowest BCUT2D eigenvalue weighted by Gasteiger charge is -2.04. The van der Waals surface area contributed by atoms with E-state index in [9.17, 15) is 4.79 Å². The summed E-state index contributed by atoms with van der Waals surface area (Å²) in [4.78, 5) is 15.8. The van der Waals surface area contributed by atoms with E-state index in [1.807, 2.05) is 0 Å². The lowest BCUT2D eigenvalue weighted by Crippen LogP contribution is -2.23. The van der Waals surface area contributed by atoms with Crippen LogP contribution in [0, 0.1) is 0 Å². The van der Waals surface area contributed by atoms with Crippen molar-refractivity contribution in [3.8, 4) is 17.0 Å². The Balaban J connectivity index is 1.94. The van der Waals surface area contributed by atoms with Crippen LogP contribution in [0.15, 0.2) is 20.9 Å². The van der Waals surface area contributed by atoms with Crippen molar-refractivity contribution in [3.63, 3.8) is 0 Å². The fourth-order valence-corrected chi connectivity index (χ4v) is 2.09. The molecular formula is C11H12N6O4S. The molecule has 3 rings (SSSR count). The molecule has 0 N–H and O–H groups in total. The molecule has 0 aliphatic heterocycles. The number of aromatic nitrogens is 6. The van der Waals surface area contributed by atoms with Gasteiger partial charge in [-0.05, 0) is 17.4 Å². The van der Waals surface area contributed by atoms with Crippen LogP contribution in [0.5, 0.6) is 11.1 Å². The number of hydrogen-bond acceptors (Lipinski definition) is 9. The first kappa shape index (κ1) is 13.0. The molecule has 0 bridgehead atoms. The first-order chi connectivity index (χ1) is 11.1. The average Bonchev–Trinajstić information content (AvgIpc) is 3.20. The maximum atomic E-state index is 12.0. The van der Waals surface area contributed by atoms with Crippen molar-refractivity contribution in [2.45, 2.75) is 13.5 Å². The van der Waals surface area contributed by atoms with Crippen LogP contribution >= 0.6 is 11.3 Å². The molecular weight excluding hydrogens is 312 g/mol. The second-order valence-corrected chi connectivity index (χ2v) is 4.85. The van der Waals surface area contributed by atoms with Crippen molar-refractivity contribution < 1.29 is 15.4 Å². The van der Waals surface area contributed by atoms with Gasteiger partial charge in [0, 0.05) is 18.6 Å². The number of aryl methyl sites for hydroxylation is 1. The van der Waals surface area contributed by atoms with E-state index in [0.717, 1.165) is 9.36 Å². The Bertz CT molecular complexity index is 868. The normalized spacial score (nSPS) is 11.5. The van der Waals surface area contributed by atoms with Crippen molar-refractivity contribution in [1.29, 1.82) is 0 Å². The van der Waals surface area contributed by atoms with Crippen LogP contribution in [-0.4, -0.2) is 36.5 Å². The van der Waals surface area contributed by atoms with Gasteiger partial charge in [-0.15, -0.1) is 4.68 Å². The number of ether oxygens (including phenoxy) is 2. The molecule has 0 atom stereocenters. The minimum absolute atomic E-state index is 0.00979. The average molecular weight is 326 g/mol. The Labute approximate surface area is 129 Å². The molecule has 3 aromatic rings. The Morgan fingerprint density at radius 1 is 1.45 bits per heavy atom. The van der Waals surface area contributed by atoms with Crippen molar-refractivity contribution in [3.05, 3.63) is 27.6 Å². The minimum Gasteiger partial charge on any atom is -0.465 e. The highest BCUT2D eigenvalue weighted by atomic mass is 32.1. The van der Waals surface area contributed by atoms with Crippen molar-refractivity contribution in [2.24, 2.45) is 7.05 Å². The van der Waals surface area contributed by atoms with Crippen LogP contribution in [0.2, 0.25) is 0 Å². The maximum Gasteiger partial charge on any atom is 0.369 e. The highest BCUT2D eigenvalue weighted by Crippen LogP contribution is 2.26. The Hall–Kier alpha value is -2.69. The van der Waals surface area contributed by atoms with Crippen LogP contribution in [0.4, 0.5) is 0 Å². The van der Waals surface area contributed by atoms with E-state index in [1.165, 1.54) is 18.4 Å². The van der Waals surface area contributed by atoms with Gasteiger partial charge in [0.15, 0.2) is 0 Å². The fourth-order valence-electron chi connectivity index (χ4n) is 1.65. The molecule has 0 fully saturated rings. The molecule has 0 unspecified atom stereocenters. The molecule has 0 aliphatic rings. The predicted octanol–water partition coefficient (Wildman–Crippen LogP) is 0.388. The summed E-state index contributed by atoms with van der Waals surface area (Å²) in [6, 6.07) is 0. The summed E-state index contributed by atoms with van der Waals surface area (Å²) in [5.41, 5.74) is -0.0820. The highest BCUT2D eigenvalue weighted by molar-refractivity contribution is 7.11. The summed E-state index contributed by atoms with van der Waals surface area (Å²) < 4.78 is 25.4. The van der Waals surface area contributed by atoms with Gasteiger partial charge in [0.25, 0.3) is 5.19 Å². The van der Waals surface area contributed by atoms with Gasteiger partial charge in [0.05, 0.1) is 7.98 Å². The second kappa shape index (κ2) is 5.97. The summed E-state index contributed by atoms with van der Waals surface area (Å²) >= 11 is 1.19. The van der Waals surface area contributed by atoms with Crippen LogP contribution in [0.25, 0.3) is 5.82 Å². The molecule has 116 valence electrons. The molecule has 10 nitrogen and oxygen atoms in total. The summed E-state index contributed by atoms with van der Waals surface area (Å²) in [5, 5.41) is 13.0. The van der Waals surface area contributed by atoms with Gasteiger partial charge in [0.1, 0.15) is 12.2 Å². The summed E-state index contributed by atoms with van der Waals surface area (Å²) in [6.07, 6.45) is 0.116. The second-order valence-electron chi connectivity index (χ2n) is 4.03. The van der Waals surface area contributed by atoms with Gasteiger partial charge in [-0.2, -0.15) is 4.68 Å². The SMILES string of the molecule is [3H]c1csc(OCc2c(-n3nnn(C)c3=O)noc2OCC)n1. The molecule has 0 aliphatic carbocycles. The number of tetrazole rings is 1. The van der Waals surface area contributed by atoms with E-state index in [0.29, 0.717) is 17.4 Å². The Morgan fingerprint density at radius 3 is 2.95 bits per heavy atom. The zero-order valence-electron chi connectivity index (χ0n) is 12.7. The van der Waals surface area contributed by atoms with Crippen molar-refractivity contribution in [2.75, 3.05) is 6.61 Å². The van der Waals surface area contributed by atoms with Crippen LogP contribution in [0.1, 0.15) is 13.9 Å². The third kappa shape index (κ3) is 2.57. The zero-order chi connectivity index (χ0) is 16.4. The molecule has 0 aromatic carbocycles. The van der Waals surface area contributed by atoms with Gasteiger partial charge in [0.2, 0.25) is 5.82 Å². The van der Waals surface area contributed by atoms with Gasteiger partial charge in [-0.1, -0.05) is 16.5 Å². The van der Waals surface area contributed by atoms with Crippen LogP contribution < -0.4 is 15.2 Å². The lowest BCUT2D eigenvalue weighted by atomic mass is 10.3. The van der Waals surface area contributed by atoms with E-state index in [1.54, 1.807) is 12.3 Å². The predicted molar refractivity (Wildman–Crippen MR) is 74.3 cm³/mol. The van der Waals surface area contributed by atoms with E-state index in [4.69, 9.17) is 15.4 Å². The van der Waals surface area contributed by atoms with Crippen LogP contribution in [0.3, 0.4) is 0 Å². The number of nitrogens with zero attached hydrogens (tertiary/aromatic N) is 6.